The summed E-state index contributed by atoms with van der Waals surface area (Å²) in [6.07, 6.45) is 5.60. The van der Waals surface area contributed by atoms with Crippen LogP contribution in [0.4, 0.5) is 0 Å². The summed E-state index contributed by atoms with van der Waals surface area (Å²) < 4.78 is 0. The normalized spacial score (nSPS) is 22.2. The molecule has 1 saturated heterocycles. The van der Waals surface area contributed by atoms with Gasteiger partial charge in [0.1, 0.15) is 6.42 Å². The minimum Gasteiger partial charge on any atom is -0.481 e. The van der Waals surface area contributed by atoms with Crippen molar-refractivity contribution in [1.82, 2.24) is 15.2 Å². The number of benzene rings is 1. The molecule has 8 nitrogen and oxygen atoms in total. The van der Waals surface area contributed by atoms with Crippen molar-refractivity contribution in [2.45, 2.75) is 51.0 Å². The first-order valence-corrected chi connectivity index (χ1v) is 10.8. The number of piperidine rings is 1. The van der Waals surface area contributed by atoms with Gasteiger partial charge in [0.2, 0.25) is 5.91 Å². The summed E-state index contributed by atoms with van der Waals surface area (Å²) in [7, 11) is 2.18. The molecule has 4 N–H and O–H groups in total. The van der Waals surface area contributed by atoms with Crippen LogP contribution in [0.15, 0.2) is 24.4 Å². The Labute approximate surface area is 181 Å². The first-order valence-electron chi connectivity index (χ1n) is 10.8. The van der Waals surface area contributed by atoms with E-state index in [1.165, 1.54) is 22.0 Å². The molecule has 31 heavy (non-hydrogen) atoms. The average Bonchev–Trinajstić information content (AvgIpc) is 3.12. The first kappa shape index (κ1) is 22.8. The molecule has 0 spiro atoms. The molecule has 1 aromatic heterocycles. The van der Waals surface area contributed by atoms with Crippen LogP contribution in [0.1, 0.15) is 49.7 Å². The van der Waals surface area contributed by atoms with E-state index in [1.807, 2.05) is 0 Å². The largest absolute Gasteiger partial charge is 0.481 e. The molecule has 0 radical (unpaired) electrons. The van der Waals surface area contributed by atoms with Crippen LogP contribution < -0.4 is 5.32 Å². The molecule has 1 aromatic carbocycles. The number of nitrogens with one attached hydrogen (secondary N) is 2. The number of hydrogen-bond acceptors (Lipinski definition) is 4. The molecular weight excluding hydrogens is 398 g/mol. The van der Waals surface area contributed by atoms with Crippen LogP contribution in [0.3, 0.4) is 0 Å². The highest BCUT2D eigenvalue weighted by Gasteiger charge is 2.41. The van der Waals surface area contributed by atoms with Crippen LogP contribution in [0.25, 0.3) is 10.9 Å². The fourth-order valence-corrected chi connectivity index (χ4v) is 4.79. The molecule has 8 heteroatoms. The van der Waals surface area contributed by atoms with Crippen LogP contribution in [-0.4, -0.2) is 64.1 Å². The van der Waals surface area contributed by atoms with Gasteiger partial charge in [-0.3, -0.25) is 14.4 Å². The number of aromatic amines is 1. The lowest BCUT2D eigenvalue weighted by Gasteiger charge is -2.45. The molecule has 1 aliphatic heterocycles. The molecule has 1 unspecified atom stereocenters. The summed E-state index contributed by atoms with van der Waals surface area (Å²) in [6.45, 7) is 3.83. The highest BCUT2D eigenvalue weighted by molar-refractivity contribution is 5.89. The second kappa shape index (κ2) is 9.96. The van der Waals surface area contributed by atoms with Crippen LogP contribution in [0.2, 0.25) is 0 Å². The minimum absolute atomic E-state index is 0.101. The second-order valence-corrected chi connectivity index (χ2v) is 8.44. The highest BCUT2D eigenvalue weighted by atomic mass is 16.4. The standard InChI is InChI=1S/C20H27N3O.C3H4O4/c1-3-4-8-21-20(24)14-9-16-15-6-5-7-17-19(15)13(11-22-17)10-18(16)23(2)12-14;4-2(5)1-3(6)7/h5-7,11,14,16,18,22H,3-4,8-10,12H2,1-2H3,(H,21,24);1H2,(H,4,5)(H,6,7)/t14?,16-,18-;/m1./s1. The molecule has 1 amide bonds. The van der Waals surface area contributed by atoms with Gasteiger partial charge in [-0.2, -0.15) is 0 Å². The molecule has 2 heterocycles. The molecule has 4 rings (SSSR count). The van der Waals surface area contributed by atoms with Crippen LogP contribution in [-0.2, 0) is 20.8 Å². The van der Waals surface area contributed by atoms with E-state index < -0.39 is 18.4 Å². The van der Waals surface area contributed by atoms with Gasteiger partial charge in [0.05, 0.1) is 5.92 Å². The van der Waals surface area contributed by atoms with Gasteiger partial charge in [0, 0.05) is 42.1 Å². The van der Waals surface area contributed by atoms with Gasteiger partial charge < -0.3 is 25.4 Å². The third-order valence-corrected chi connectivity index (χ3v) is 6.23. The lowest BCUT2D eigenvalue weighted by atomic mass is 9.72. The summed E-state index contributed by atoms with van der Waals surface area (Å²) in [5.74, 6) is -1.83. The number of carbonyl (C=O) groups is 3. The zero-order valence-corrected chi connectivity index (χ0v) is 18.1. The third-order valence-electron chi connectivity index (χ3n) is 6.23. The van der Waals surface area contributed by atoms with Gasteiger partial charge >= 0.3 is 11.9 Å². The maximum Gasteiger partial charge on any atom is 0.314 e. The topological polar surface area (TPSA) is 123 Å². The number of aliphatic carboxylic acids is 2. The molecule has 2 aromatic rings. The number of nitrogens with zero attached hydrogens (tertiary/aromatic N) is 1. The number of H-pyrrole nitrogens is 1. The van der Waals surface area contributed by atoms with E-state index in [0.717, 1.165) is 38.8 Å². The van der Waals surface area contributed by atoms with Crippen molar-refractivity contribution in [2.75, 3.05) is 20.1 Å². The Morgan fingerprint density at radius 3 is 2.61 bits per heavy atom. The van der Waals surface area contributed by atoms with Gasteiger partial charge in [-0.1, -0.05) is 25.5 Å². The number of unbranched alkanes of at least 4 members (excludes halogenated alkanes) is 1. The highest BCUT2D eigenvalue weighted by Crippen LogP contribution is 2.44. The van der Waals surface area contributed by atoms with E-state index in [4.69, 9.17) is 10.2 Å². The molecule has 1 fully saturated rings. The van der Waals surface area contributed by atoms with Crippen molar-refractivity contribution < 1.29 is 24.6 Å². The maximum absolute atomic E-state index is 12.6. The Balaban J connectivity index is 0.000000339. The van der Waals surface area contributed by atoms with Crippen molar-refractivity contribution in [2.24, 2.45) is 5.92 Å². The fraction of sp³-hybridized carbons (Fsp3) is 0.522. The summed E-state index contributed by atoms with van der Waals surface area (Å²) in [6, 6.07) is 7.08. The summed E-state index contributed by atoms with van der Waals surface area (Å²) in [5, 5.41) is 19.9. The number of likely N-dealkylation sites (N-methyl/N-ethyl adjacent to an activating group) is 1. The number of aromatic nitrogens is 1. The maximum atomic E-state index is 12.6. The fourth-order valence-electron chi connectivity index (χ4n) is 4.79. The van der Waals surface area contributed by atoms with Crippen molar-refractivity contribution in [1.29, 1.82) is 0 Å². The van der Waals surface area contributed by atoms with E-state index in [9.17, 15) is 14.4 Å². The average molecular weight is 430 g/mol. The molecule has 0 bridgehead atoms. The number of carboxylic acid groups (broad SMARTS) is 2. The number of amides is 1. The number of rotatable bonds is 6. The number of carbonyl (C=O) groups excluding carboxylic acids is 1. The van der Waals surface area contributed by atoms with E-state index in [-0.39, 0.29) is 11.8 Å². The Morgan fingerprint density at radius 1 is 1.23 bits per heavy atom. The van der Waals surface area contributed by atoms with Crippen LogP contribution in [0.5, 0.6) is 0 Å². The SMILES string of the molecule is CCCCNC(=O)C1C[C@@H]2c3cccc4[nH]cc(c34)C[C@H]2N(C)C1.O=C(O)CC(=O)O. The van der Waals surface area contributed by atoms with E-state index in [2.05, 4.69) is 53.6 Å². The lowest BCUT2D eigenvalue weighted by Crippen LogP contribution is -2.51. The predicted octanol–water partition coefficient (Wildman–Crippen LogP) is 2.59. The minimum atomic E-state index is -1.31. The Morgan fingerprint density at radius 2 is 1.97 bits per heavy atom. The van der Waals surface area contributed by atoms with Crippen LogP contribution >= 0.6 is 0 Å². The second-order valence-electron chi connectivity index (χ2n) is 8.44. The zero-order valence-electron chi connectivity index (χ0n) is 18.1. The predicted molar refractivity (Wildman–Crippen MR) is 117 cm³/mol. The third kappa shape index (κ3) is 5.25. The van der Waals surface area contributed by atoms with Gasteiger partial charge in [0.25, 0.3) is 0 Å². The van der Waals surface area contributed by atoms with E-state index >= 15 is 0 Å². The van der Waals surface area contributed by atoms with E-state index in [1.54, 1.807) is 0 Å². The number of fused-ring (bicyclic) bond motifs is 2. The van der Waals surface area contributed by atoms with Gasteiger partial charge in [0.15, 0.2) is 0 Å². The summed E-state index contributed by atoms with van der Waals surface area (Å²) in [4.78, 5) is 37.3. The molecule has 0 saturated carbocycles. The smallest absolute Gasteiger partial charge is 0.314 e. The Bertz CT molecular complexity index is 942. The quantitative estimate of drug-likeness (QED) is 0.413. The molecular formula is C23H31N3O5. The van der Waals surface area contributed by atoms with Gasteiger partial charge in [-0.05, 0) is 43.5 Å². The summed E-state index contributed by atoms with van der Waals surface area (Å²) in [5.41, 5.74) is 4.09. The zero-order chi connectivity index (χ0) is 22.5. The molecule has 2 aliphatic rings. The first-order chi connectivity index (χ1) is 14.8. The van der Waals surface area contributed by atoms with Gasteiger partial charge in [-0.15, -0.1) is 0 Å². The molecule has 168 valence electrons. The van der Waals surface area contributed by atoms with Crippen molar-refractivity contribution in [3.05, 3.63) is 35.5 Å². The van der Waals surface area contributed by atoms with Crippen molar-refractivity contribution in [3.8, 4) is 0 Å². The molecule has 1 aliphatic carbocycles. The van der Waals surface area contributed by atoms with Crippen LogP contribution in [0, 0.1) is 5.92 Å². The molecule has 3 atom stereocenters. The van der Waals surface area contributed by atoms with Gasteiger partial charge in [-0.25, -0.2) is 0 Å². The lowest BCUT2D eigenvalue weighted by molar-refractivity contribution is -0.147. The number of likely N-dealkylation sites (tertiary alicyclic amines) is 1. The number of carboxylic acids is 2. The van der Waals surface area contributed by atoms with Crippen molar-refractivity contribution in [3.63, 3.8) is 0 Å². The Hall–Kier alpha value is -2.87. The number of hydrogen-bond donors (Lipinski definition) is 4. The van der Waals surface area contributed by atoms with E-state index in [0.29, 0.717) is 12.0 Å². The van der Waals surface area contributed by atoms with Crippen molar-refractivity contribution >= 4 is 28.7 Å². The Kier molecular flexibility index (Phi) is 7.33. The monoisotopic (exact) mass is 429 g/mol. The summed E-state index contributed by atoms with van der Waals surface area (Å²) >= 11 is 0.